The molecule has 0 spiro atoms. The molecule has 0 aromatic heterocycles. The Balaban J connectivity index is 0.00000220. The lowest BCUT2D eigenvalue weighted by Gasteiger charge is -2.36. The predicted molar refractivity (Wildman–Crippen MR) is 89.7 cm³/mol. The average Bonchev–Trinajstić information content (AvgIpc) is 2.48. The molecule has 1 saturated carbocycles. The maximum absolute atomic E-state index is 12.4. The second-order valence-electron chi connectivity index (χ2n) is 6.87. The van der Waals surface area contributed by atoms with Gasteiger partial charge in [0.2, 0.25) is 5.91 Å². The van der Waals surface area contributed by atoms with Crippen LogP contribution < -0.4 is 5.73 Å². The first-order valence-corrected chi connectivity index (χ1v) is 8.28. The molecule has 4 nitrogen and oxygen atoms in total. The van der Waals surface area contributed by atoms with Gasteiger partial charge in [0.1, 0.15) is 0 Å². The monoisotopic (exact) mass is 317 g/mol. The number of rotatable bonds is 4. The van der Waals surface area contributed by atoms with Crippen molar-refractivity contribution < 1.29 is 4.79 Å². The van der Waals surface area contributed by atoms with Gasteiger partial charge in [0.25, 0.3) is 0 Å². The van der Waals surface area contributed by atoms with E-state index in [9.17, 15) is 4.79 Å². The van der Waals surface area contributed by atoms with E-state index in [-0.39, 0.29) is 12.4 Å². The zero-order valence-corrected chi connectivity index (χ0v) is 14.4. The van der Waals surface area contributed by atoms with Gasteiger partial charge in [0.05, 0.1) is 6.54 Å². The summed E-state index contributed by atoms with van der Waals surface area (Å²) >= 11 is 0. The lowest BCUT2D eigenvalue weighted by molar-refractivity contribution is -0.134. The molecule has 124 valence electrons. The van der Waals surface area contributed by atoms with Gasteiger partial charge in [-0.15, -0.1) is 12.4 Å². The van der Waals surface area contributed by atoms with Gasteiger partial charge in [-0.2, -0.15) is 0 Å². The Morgan fingerprint density at radius 3 is 2.24 bits per heavy atom. The van der Waals surface area contributed by atoms with Gasteiger partial charge >= 0.3 is 0 Å². The molecule has 0 aromatic carbocycles. The Morgan fingerprint density at radius 1 is 1.14 bits per heavy atom. The Bertz CT molecular complexity index is 311. The summed E-state index contributed by atoms with van der Waals surface area (Å²) in [7, 11) is 2.00. The van der Waals surface area contributed by atoms with E-state index < -0.39 is 0 Å². The number of nitrogens with two attached hydrogens (primary N) is 1. The minimum atomic E-state index is 0. The summed E-state index contributed by atoms with van der Waals surface area (Å²) in [4.78, 5) is 16.7. The van der Waals surface area contributed by atoms with E-state index in [2.05, 4.69) is 11.8 Å². The summed E-state index contributed by atoms with van der Waals surface area (Å²) in [6.45, 7) is 5.77. The Morgan fingerprint density at radius 2 is 1.71 bits per heavy atom. The van der Waals surface area contributed by atoms with Gasteiger partial charge in [0.15, 0.2) is 0 Å². The normalized spacial score (nSPS) is 28.0. The number of likely N-dealkylation sites (N-methyl/N-ethyl adjacent to an activating group) is 1. The number of amides is 1. The van der Waals surface area contributed by atoms with Gasteiger partial charge < -0.3 is 10.6 Å². The fourth-order valence-corrected chi connectivity index (χ4v) is 3.52. The highest BCUT2D eigenvalue weighted by molar-refractivity contribution is 5.85. The molecule has 0 bridgehead atoms. The average molecular weight is 318 g/mol. The Hall–Kier alpha value is -0.320. The highest BCUT2D eigenvalue weighted by atomic mass is 35.5. The molecule has 1 heterocycles. The van der Waals surface area contributed by atoms with Crippen molar-refractivity contribution in [3.8, 4) is 0 Å². The first-order valence-electron chi connectivity index (χ1n) is 8.28. The molecule has 1 saturated heterocycles. The molecular formula is C16H32ClN3O. The molecule has 1 aliphatic carbocycles. The molecule has 21 heavy (non-hydrogen) atoms. The molecule has 1 aliphatic heterocycles. The van der Waals surface area contributed by atoms with Crippen LogP contribution in [0.3, 0.4) is 0 Å². The van der Waals surface area contributed by atoms with Crippen LogP contribution in [0.4, 0.5) is 0 Å². The van der Waals surface area contributed by atoms with Crippen LogP contribution >= 0.6 is 12.4 Å². The number of halogens is 1. The lowest BCUT2D eigenvalue weighted by Crippen LogP contribution is -2.46. The standard InChI is InChI=1S/C16H31N3O.ClH/c1-13-3-5-15(6-4-13)18(2)16(20)12-19-9-7-14(11-17)8-10-19;/h13-15H,3-12,17H2,1-2H3;1H. The number of piperidine rings is 1. The topological polar surface area (TPSA) is 49.6 Å². The van der Waals surface area contributed by atoms with Gasteiger partial charge in [0, 0.05) is 13.1 Å². The Kier molecular flexibility index (Phi) is 7.99. The van der Waals surface area contributed by atoms with Crippen molar-refractivity contribution in [3.63, 3.8) is 0 Å². The lowest BCUT2D eigenvalue weighted by atomic mass is 9.87. The van der Waals surface area contributed by atoms with Gasteiger partial charge in [-0.1, -0.05) is 6.92 Å². The number of nitrogens with zero attached hydrogens (tertiary/aromatic N) is 2. The van der Waals surface area contributed by atoms with E-state index in [0.717, 1.165) is 38.4 Å². The van der Waals surface area contributed by atoms with Gasteiger partial charge in [-0.25, -0.2) is 0 Å². The van der Waals surface area contributed by atoms with Crippen molar-refractivity contribution in [3.05, 3.63) is 0 Å². The minimum Gasteiger partial charge on any atom is -0.342 e. The zero-order chi connectivity index (χ0) is 14.5. The molecule has 2 N–H and O–H groups in total. The molecule has 0 aromatic rings. The predicted octanol–water partition coefficient (Wildman–Crippen LogP) is 2.12. The smallest absolute Gasteiger partial charge is 0.236 e. The van der Waals surface area contributed by atoms with Crippen LogP contribution in [0.1, 0.15) is 45.4 Å². The highest BCUT2D eigenvalue weighted by Gasteiger charge is 2.26. The maximum atomic E-state index is 12.4. The first-order chi connectivity index (χ1) is 9.60. The quantitative estimate of drug-likeness (QED) is 0.864. The number of carbonyl (C=O) groups is 1. The van der Waals surface area contributed by atoms with E-state index in [1.165, 1.54) is 25.7 Å². The molecule has 0 radical (unpaired) electrons. The van der Waals surface area contributed by atoms with Crippen molar-refractivity contribution in [2.24, 2.45) is 17.6 Å². The van der Waals surface area contributed by atoms with Crippen LogP contribution in [0.2, 0.25) is 0 Å². The summed E-state index contributed by atoms with van der Waals surface area (Å²) in [6, 6.07) is 0.472. The second kappa shape index (κ2) is 8.96. The minimum absolute atomic E-state index is 0. The SMILES string of the molecule is CC1CCC(N(C)C(=O)CN2CCC(CN)CC2)CC1.Cl. The summed E-state index contributed by atoms with van der Waals surface area (Å²) < 4.78 is 0. The van der Waals surface area contributed by atoms with Crippen molar-refractivity contribution >= 4 is 18.3 Å². The summed E-state index contributed by atoms with van der Waals surface area (Å²) in [5.41, 5.74) is 5.71. The third-order valence-electron chi connectivity index (χ3n) is 5.33. The van der Waals surface area contributed by atoms with Crippen LogP contribution in [0, 0.1) is 11.8 Å². The van der Waals surface area contributed by atoms with E-state index in [1.807, 2.05) is 11.9 Å². The highest BCUT2D eigenvalue weighted by Crippen LogP contribution is 2.26. The molecule has 2 fully saturated rings. The van der Waals surface area contributed by atoms with E-state index in [0.29, 0.717) is 24.4 Å². The third-order valence-corrected chi connectivity index (χ3v) is 5.33. The molecule has 5 heteroatoms. The largest absolute Gasteiger partial charge is 0.342 e. The molecule has 1 amide bonds. The summed E-state index contributed by atoms with van der Waals surface area (Å²) in [5, 5.41) is 0. The van der Waals surface area contributed by atoms with Crippen molar-refractivity contribution in [2.45, 2.75) is 51.5 Å². The van der Waals surface area contributed by atoms with Crippen LogP contribution in [0.5, 0.6) is 0 Å². The maximum Gasteiger partial charge on any atom is 0.236 e. The molecular weight excluding hydrogens is 286 g/mol. The summed E-state index contributed by atoms with van der Waals surface area (Å²) in [5.74, 6) is 1.81. The van der Waals surface area contributed by atoms with Crippen LogP contribution in [0.15, 0.2) is 0 Å². The van der Waals surface area contributed by atoms with E-state index >= 15 is 0 Å². The Labute approximate surface area is 135 Å². The van der Waals surface area contributed by atoms with E-state index in [1.54, 1.807) is 0 Å². The molecule has 2 rings (SSSR count). The fraction of sp³-hybridized carbons (Fsp3) is 0.938. The second-order valence-corrected chi connectivity index (χ2v) is 6.87. The van der Waals surface area contributed by atoms with Crippen molar-refractivity contribution in [1.29, 1.82) is 0 Å². The third kappa shape index (κ3) is 5.42. The van der Waals surface area contributed by atoms with Crippen molar-refractivity contribution in [1.82, 2.24) is 9.80 Å². The van der Waals surface area contributed by atoms with E-state index in [4.69, 9.17) is 5.73 Å². The van der Waals surface area contributed by atoms with Crippen LogP contribution in [0.25, 0.3) is 0 Å². The zero-order valence-electron chi connectivity index (χ0n) is 13.6. The molecule has 0 unspecified atom stereocenters. The fourth-order valence-electron chi connectivity index (χ4n) is 3.52. The van der Waals surface area contributed by atoms with Crippen molar-refractivity contribution in [2.75, 3.05) is 33.2 Å². The van der Waals surface area contributed by atoms with Crippen LogP contribution in [-0.4, -0.2) is 55.0 Å². The number of hydrogen-bond acceptors (Lipinski definition) is 3. The van der Waals surface area contributed by atoms with Gasteiger partial charge in [-0.05, 0) is 70.0 Å². The molecule has 0 atom stereocenters. The number of carbonyl (C=O) groups excluding carboxylic acids is 1. The first kappa shape index (κ1) is 18.7. The van der Waals surface area contributed by atoms with Crippen LogP contribution in [-0.2, 0) is 4.79 Å². The number of hydrogen-bond donors (Lipinski definition) is 1. The summed E-state index contributed by atoms with van der Waals surface area (Å²) in [6.07, 6.45) is 7.19. The van der Waals surface area contributed by atoms with Gasteiger partial charge in [-0.3, -0.25) is 9.69 Å². The number of likely N-dealkylation sites (tertiary alicyclic amines) is 1. The molecule has 2 aliphatic rings.